The van der Waals surface area contributed by atoms with E-state index in [1.165, 1.54) is 0 Å². The first-order valence-electron chi connectivity index (χ1n) is 13.3. The molecule has 4 rings (SSSR count). The second-order valence-corrected chi connectivity index (χ2v) is 10.3. The van der Waals surface area contributed by atoms with E-state index < -0.39 is 30.2 Å². The Morgan fingerprint density at radius 3 is 1.67 bits per heavy atom. The second-order valence-electron chi connectivity index (χ2n) is 10.3. The molecular weight excluding hydrogens is 530 g/mol. The maximum atomic E-state index is 12.6. The van der Waals surface area contributed by atoms with E-state index in [1.54, 1.807) is 42.5 Å². The van der Waals surface area contributed by atoms with E-state index in [0.29, 0.717) is 36.9 Å². The standard InChI is InChI=1S/C14H19F3N2O2.C12H17F3N2O/c1-3-21-13(20)12-8-19(18-9(12)2)11-6-4-10(5-7-11)14(15,16)17;1-8-9(7-18)6-17(16-8)11-4-2-10(3-5-11)12(13,14)15/h8,10-11H,3-7H2,1-2H3;6,10-11,18H,2-5,7H2,1H3. The molecule has 39 heavy (non-hydrogen) atoms. The van der Waals surface area contributed by atoms with Gasteiger partial charge >= 0.3 is 18.3 Å². The number of carbonyl (C=O) groups is 1. The summed E-state index contributed by atoms with van der Waals surface area (Å²) < 4.78 is 83.8. The number of aliphatic hydroxyl groups is 1. The van der Waals surface area contributed by atoms with Crippen LogP contribution in [0.25, 0.3) is 0 Å². The van der Waals surface area contributed by atoms with Crippen LogP contribution in [0.5, 0.6) is 0 Å². The zero-order valence-corrected chi connectivity index (χ0v) is 22.4. The normalized spacial score (nSPS) is 24.2. The third kappa shape index (κ3) is 7.98. The van der Waals surface area contributed by atoms with Crippen molar-refractivity contribution < 1.29 is 41.0 Å². The van der Waals surface area contributed by atoms with E-state index in [-0.39, 0.29) is 51.0 Å². The molecule has 220 valence electrons. The number of hydrogen-bond donors (Lipinski definition) is 1. The molecule has 2 aliphatic carbocycles. The maximum Gasteiger partial charge on any atom is 0.391 e. The van der Waals surface area contributed by atoms with E-state index in [0.717, 1.165) is 11.3 Å². The predicted octanol–water partition coefficient (Wildman–Crippen LogP) is 6.64. The molecule has 0 atom stereocenters. The Kier molecular flexibility index (Phi) is 10.1. The van der Waals surface area contributed by atoms with Gasteiger partial charge in [-0.05, 0) is 72.1 Å². The van der Waals surface area contributed by atoms with Gasteiger partial charge in [0, 0.05) is 18.0 Å². The van der Waals surface area contributed by atoms with Crippen molar-refractivity contribution in [3.63, 3.8) is 0 Å². The Balaban J connectivity index is 0.000000218. The summed E-state index contributed by atoms with van der Waals surface area (Å²) in [4.78, 5) is 11.7. The quantitative estimate of drug-likeness (QED) is 0.324. The molecule has 13 heteroatoms. The average Bonchev–Trinajstić information content (AvgIpc) is 3.46. The van der Waals surface area contributed by atoms with Crippen molar-refractivity contribution in [3.05, 3.63) is 34.9 Å². The molecule has 0 radical (unpaired) electrons. The monoisotopic (exact) mass is 566 g/mol. The van der Waals surface area contributed by atoms with Gasteiger partial charge in [0.05, 0.1) is 48.5 Å². The summed E-state index contributed by atoms with van der Waals surface area (Å²) in [7, 11) is 0. The highest BCUT2D eigenvalue weighted by atomic mass is 19.4. The van der Waals surface area contributed by atoms with Gasteiger partial charge in [-0.2, -0.15) is 36.5 Å². The van der Waals surface area contributed by atoms with Crippen LogP contribution >= 0.6 is 0 Å². The summed E-state index contributed by atoms with van der Waals surface area (Å²) in [6.45, 7) is 5.41. The Morgan fingerprint density at radius 2 is 1.28 bits per heavy atom. The Hall–Kier alpha value is -2.57. The topological polar surface area (TPSA) is 82.2 Å². The van der Waals surface area contributed by atoms with Crippen molar-refractivity contribution in [2.75, 3.05) is 6.61 Å². The molecule has 0 saturated heterocycles. The first kappa shape index (κ1) is 31.0. The number of aryl methyl sites for hydroxylation is 2. The van der Waals surface area contributed by atoms with Gasteiger partial charge in [0.2, 0.25) is 0 Å². The summed E-state index contributed by atoms with van der Waals surface area (Å²) in [6.07, 6.45) is -2.44. The molecule has 2 aromatic rings. The smallest absolute Gasteiger partial charge is 0.391 e. The van der Waals surface area contributed by atoms with Gasteiger partial charge in [0.15, 0.2) is 0 Å². The van der Waals surface area contributed by atoms with Gasteiger partial charge < -0.3 is 9.84 Å². The van der Waals surface area contributed by atoms with Crippen LogP contribution in [-0.4, -0.2) is 49.6 Å². The molecule has 1 N–H and O–H groups in total. The summed E-state index contributed by atoms with van der Waals surface area (Å²) in [5.41, 5.74) is 2.42. The molecule has 2 fully saturated rings. The van der Waals surface area contributed by atoms with Gasteiger partial charge in [0.1, 0.15) is 5.56 Å². The van der Waals surface area contributed by atoms with Crippen LogP contribution in [0.4, 0.5) is 26.3 Å². The highest BCUT2D eigenvalue weighted by Gasteiger charge is 2.42. The van der Waals surface area contributed by atoms with Crippen LogP contribution in [0, 0.1) is 25.7 Å². The molecule has 2 saturated carbocycles. The summed E-state index contributed by atoms with van der Waals surface area (Å²) in [6, 6.07) is -0.0481. The SMILES string of the molecule is CCOC(=O)c1cn(C2CCC(C(F)(F)F)CC2)nc1C.Cc1nn(C2CCC(C(F)(F)F)CC2)cc1CO. The first-order valence-corrected chi connectivity index (χ1v) is 13.3. The first-order chi connectivity index (χ1) is 18.2. The molecule has 0 amide bonds. The largest absolute Gasteiger partial charge is 0.462 e. The number of hydrogen-bond acceptors (Lipinski definition) is 5. The molecule has 0 bridgehead atoms. The number of rotatable bonds is 5. The third-order valence-corrected chi connectivity index (χ3v) is 7.67. The zero-order valence-electron chi connectivity index (χ0n) is 22.4. The molecule has 7 nitrogen and oxygen atoms in total. The molecule has 0 aliphatic heterocycles. The number of carbonyl (C=O) groups excluding carboxylic acids is 1. The van der Waals surface area contributed by atoms with Gasteiger partial charge in [-0.3, -0.25) is 9.36 Å². The van der Waals surface area contributed by atoms with E-state index >= 15 is 0 Å². The minimum absolute atomic E-state index is 0.0302. The van der Waals surface area contributed by atoms with Crippen molar-refractivity contribution in [1.82, 2.24) is 19.6 Å². The molecule has 2 aromatic heterocycles. The van der Waals surface area contributed by atoms with Crippen LogP contribution < -0.4 is 0 Å². The maximum absolute atomic E-state index is 12.6. The van der Waals surface area contributed by atoms with Crippen molar-refractivity contribution in [1.29, 1.82) is 0 Å². The molecule has 2 aliphatic rings. The number of alkyl halides is 6. The van der Waals surface area contributed by atoms with E-state index in [9.17, 15) is 31.1 Å². The Labute approximate surface area is 223 Å². The van der Waals surface area contributed by atoms with Crippen molar-refractivity contribution in [2.45, 2.75) is 103 Å². The lowest BCUT2D eigenvalue weighted by atomic mass is 9.86. The fraction of sp³-hybridized carbons (Fsp3) is 0.731. The van der Waals surface area contributed by atoms with Crippen LogP contribution in [0.2, 0.25) is 0 Å². The number of ether oxygens (including phenoxy) is 1. The van der Waals surface area contributed by atoms with Crippen LogP contribution in [0.15, 0.2) is 12.4 Å². The van der Waals surface area contributed by atoms with Crippen LogP contribution in [0.3, 0.4) is 0 Å². The Morgan fingerprint density at radius 1 is 0.846 bits per heavy atom. The van der Waals surface area contributed by atoms with E-state index in [2.05, 4.69) is 10.2 Å². The number of nitrogens with zero attached hydrogens (tertiary/aromatic N) is 4. The van der Waals surface area contributed by atoms with Crippen LogP contribution in [0.1, 0.15) is 97.7 Å². The number of aliphatic hydroxyl groups excluding tert-OH is 1. The Bertz CT molecular complexity index is 1080. The zero-order chi connectivity index (χ0) is 29.0. The minimum Gasteiger partial charge on any atom is -0.462 e. The van der Waals surface area contributed by atoms with Gasteiger partial charge in [0.25, 0.3) is 0 Å². The molecular formula is C26H36F6N4O3. The average molecular weight is 567 g/mol. The summed E-state index contributed by atoms with van der Waals surface area (Å²) in [5, 5.41) is 17.6. The highest BCUT2D eigenvalue weighted by Crippen LogP contribution is 2.42. The van der Waals surface area contributed by atoms with E-state index in [4.69, 9.17) is 9.84 Å². The van der Waals surface area contributed by atoms with Gasteiger partial charge in [-0.1, -0.05) is 0 Å². The third-order valence-electron chi connectivity index (χ3n) is 7.67. The molecule has 0 unspecified atom stereocenters. The van der Waals surface area contributed by atoms with Gasteiger partial charge in [-0.25, -0.2) is 4.79 Å². The fourth-order valence-corrected chi connectivity index (χ4v) is 5.27. The molecule has 0 spiro atoms. The van der Waals surface area contributed by atoms with E-state index in [1.807, 2.05) is 0 Å². The van der Waals surface area contributed by atoms with Crippen LogP contribution in [-0.2, 0) is 11.3 Å². The highest BCUT2D eigenvalue weighted by molar-refractivity contribution is 5.90. The predicted molar refractivity (Wildman–Crippen MR) is 130 cm³/mol. The van der Waals surface area contributed by atoms with Gasteiger partial charge in [-0.15, -0.1) is 0 Å². The lowest BCUT2D eigenvalue weighted by molar-refractivity contribution is -0.184. The second kappa shape index (κ2) is 12.7. The minimum atomic E-state index is -4.11. The summed E-state index contributed by atoms with van der Waals surface area (Å²) >= 11 is 0. The molecule has 0 aromatic carbocycles. The number of halogens is 6. The molecule has 2 heterocycles. The fourth-order valence-electron chi connectivity index (χ4n) is 5.27. The summed E-state index contributed by atoms with van der Waals surface area (Å²) in [5.74, 6) is -2.82. The lowest BCUT2D eigenvalue weighted by Crippen LogP contribution is -2.28. The number of esters is 1. The van der Waals surface area contributed by atoms with Crippen molar-refractivity contribution >= 4 is 5.97 Å². The van der Waals surface area contributed by atoms with Crippen molar-refractivity contribution in [3.8, 4) is 0 Å². The lowest BCUT2D eigenvalue weighted by Gasteiger charge is -2.29. The van der Waals surface area contributed by atoms with Crippen molar-refractivity contribution in [2.24, 2.45) is 11.8 Å². The number of aromatic nitrogens is 4.